The number of rotatable bonds is 7. The zero-order chi connectivity index (χ0) is 15.9. The van der Waals surface area contributed by atoms with Crippen LogP contribution in [0.2, 0.25) is 10.0 Å². The first kappa shape index (κ1) is 16.9. The largest absolute Gasteiger partial charge is 0.497 e. The number of benzene rings is 2. The Labute approximate surface area is 141 Å². The van der Waals surface area contributed by atoms with Crippen LogP contribution in [0.3, 0.4) is 0 Å². The molecule has 0 radical (unpaired) electrons. The summed E-state index contributed by atoms with van der Waals surface area (Å²) in [4.78, 5) is 0. The van der Waals surface area contributed by atoms with Crippen LogP contribution in [0.4, 0.5) is 0 Å². The number of quaternary nitrogens is 1. The van der Waals surface area contributed by atoms with Gasteiger partial charge in [-0.05, 0) is 43.3 Å². The van der Waals surface area contributed by atoms with Gasteiger partial charge in [0, 0.05) is 10.6 Å². The first-order valence-corrected chi connectivity index (χ1v) is 7.95. The lowest BCUT2D eigenvalue weighted by Gasteiger charge is -2.12. The minimum Gasteiger partial charge on any atom is -0.497 e. The Morgan fingerprint density at radius 3 is 2.41 bits per heavy atom. The molecule has 0 unspecified atom stereocenters. The SMILES string of the molecule is CCOc1c(Cl)cc(Cl)cc1C[NH2+]Cc1ccc(OC)cc1. The highest BCUT2D eigenvalue weighted by atomic mass is 35.5. The molecule has 2 N–H and O–H groups in total. The van der Waals surface area contributed by atoms with E-state index in [0.29, 0.717) is 16.7 Å². The van der Waals surface area contributed by atoms with Gasteiger partial charge in [-0.1, -0.05) is 23.2 Å². The molecule has 118 valence electrons. The fraction of sp³-hybridized carbons (Fsp3) is 0.294. The number of hydrogen-bond donors (Lipinski definition) is 1. The van der Waals surface area contributed by atoms with E-state index in [1.54, 1.807) is 13.2 Å². The second-order valence-corrected chi connectivity index (χ2v) is 5.70. The van der Waals surface area contributed by atoms with Gasteiger partial charge in [0.25, 0.3) is 0 Å². The van der Waals surface area contributed by atoms with Crippen molar-refractivity contribution in [1.82, 2.24) is 0 Å². The quantitative estimate of drug-likeness (QED) is 0.834. The van der Waals surface area contributed by atoms with Crippen molar-refractivity contribution < 1.29 is 14.8 Å². The van der Waals surface area contributed by atoms with Crippen molar-refractivity contribution in [2.75, 3.05) is 13.7 Å². The molecule has 0 spiro atoms. The van der Waals surface area contributed by atoms with Gasteiger partial charge >= 0.3 is 0 Å². The molecule has 22 heavy (non-hydrogen) atoms. The van der Waals surface area contributed by atoms with E-state index in [0.717, 1.165) is 30.2 Å². The Kier molecular flexibility index (Phi) is 6.37. The van der Waals surface area contributed by atoms with Gasteiger partial charge in [0.05, 0.1) is 24.3 Å². The molecule has 0 fully saturated rings. The maximum absolute atomic E-state index is 6.21. The molecule has 0 aliphatic carbocycles. The van der Waals surface area contributed by atoms with E-state index in [1.807, 2.05) is 25.1 Å². The van der Waals surface area contributed by atoms with Crippen molar-refractivity contribution in [3.8, 4) is 11.5 Å². The zero-order valence-corrected chi connectivity index (χ0v) is 14.2. The summed E-state index contributed by atoms with van der Waals surface area (Å²) in [5.74, 6) is 1.59. The lowest BCUT2D eigenvalue weighted by atomic mass is 10.1. The number of nitrogens with two attached hydrogens (primary N) is 1. The molecular weight excluding hydrogens is 321 g/mol. The molecule has 0 saturated heterocycles. The van der Waals surface area contributed by atoms with Crippen LogP contribution >= 0.6 is 23.2 Å². The summed E-state index contributed by atoms with van der Waals surface area (Å²) in [5.41, 5.74) is 2.24. The van der Waals surface area contributed by atoms with Crippen LogP contribution < -0.4 is 14.8 Å². The van der Waals surface area contributed by atoms with Crippen LogP contribution in [-0.4, -0.2) is 13.7 Å². The Hall–Kier alpha value is -1.42. The van der Waals surface area contributed by atoms with Gasteiger partial charge in [-0.2, -0.15) is 0 Å². The molecule has 3 nitrogen and oxygen atoms in total. The summed E-state index contributed by atoms with van der Waals surface area (Å²) in [6.07, 6.45) is 0. The topological polar surface area (TPSA) is 35.1 Å². The van der Waals surface area contributed by atoms with Crippen LogP contribution in [0.5, 0.6) is 11.5 Å². The van der Waals surface area contributed by atoms with Crippen molar-refractivity contribution in [1.29, 1.82) is 0 Å². The minimum atomic E-state index is 0.558. The molecule has 0 aliphatic heterocycles. The third kappa shape index (κ3) is 4.54. The molecule has 0 amide bonds. The van der Waals surface area contributed by atoms with E-state index in [9.17, 15) is 0 Å². The highest BCUT2D eigenvalue weighted by molar-refractivity contribution is 6.35. The van der Waals surface area contributed by atoms with Crippen LogP contribution in [0.15, 0.2) is 36.4 Å². The van der Waals surface area contributed by atoms with Gasteiger partial charge in [-0.25, -0.2) is 0 Å². The van der Waals surface area contributed by atoms with E-state index in [1.165, 1.54) is 5.56 Å². The Balaban J connectivity index is 2.01. The summed E-state index contributed by atoms with van der Waals surface area (Å²) in [6, 6.07) is 11.7. The number of halogens is 2. The van der Waals surface area contributed by atoms with Crippen LogP contribution in [-0.2, 0) is 13.1 Å². The van der Waals surface area contributed by atoms with Crippen molar-refractivity contribution >= 4 is 23.2 Å². The average molecular weight is 341 g/mol. The molecule has 0 heterocycles. The second kappa shape index (κ2) is 8.28. The molecule has 2 aromatic rings. The smallest absolute Gasteiger partial charge is 0.146 e. The van der Waals surface area contributed by atoms with Gasteiger partial charge in [0.2, 0.25) is 0 Å². The van der Waals surface area contributed by atoms with E-state index < -0.39 is 0 Å². The normalized spacial score (nSPS) is 10.5. The zero-order valence-electron chi connectivity index (χ0n) is 12.7. The fourth-order valence-electron chi connectivity index (χ4n) is 2.23. The number of ether oxygens (including phenoxy) is 2. The lowest BCUT2D eigenvalue weighted by Crippen LogP contribution is -2.80. The predicted molar refractivity (Wildman–Crippen MR) is 90.0 cm³/mol. The van der Waals surface area contributed by atoms with Gasteiger partial charge in [-0.15, -0.1) is 0 Å². The van der Waals surface area contributed by atoms with E-state index in [4.69, 9.17) is 32.7 Å². The van der Waals surface area contributed by atoms with Gasteiger partial charge < -0.3 is 14.8 Å². The minimum absolute atomic E-state index is 0.558. The maximum Gasteiger partial charge on any atom is 0.146 e. The summed E-state index contributed by atoms with van der Waals surface area (Å²) in [6.45, 7) is 4.13. The summed E-state index contributed by atoms with van der Waals surface area (Å²) < 4.78 is 10.8. The van der Waals surface area contributed by atoms with E-state index >= 15 is 0 Å². The third-order valence-corrected chi connectivity index (χ3v) is 3.78. The van der Waals surface area contributed by atoms with Crippen LogP contribution in [0, 0.1) is 0 Å². The van der Waals surface area contributed by atoms with Gasteiger partial charge in [-0.3, -0.25) is 0 Å². The first-order valence-electron chi connectivity index (χ1n) is 7.19. The molecular formula is C17H20Cl2NO2+. The molecule has 0 atom stereocenters. The van der Waals surface area contributed by atoms with Crippen molar-refractivity contribution in [3.05, 3.63) is 57.6 Å². The highest BCUT2D eigenvalue weighted by Gasteiger charge is 2.12. The number of hydrogen-bond acceptors (Lipinski definition) is 2. The van der Waals surface area contributed by atoms with Crippen LogP contribution in [0.1, 0.15) is 18.1 Å². The van der Waals surface area contributed by atoms with Crippen molar-refractivity contribution in [2.24, 2.45) is 0 Å². The molecule has 0 bridgehead atoms. The Morgan fingerprint density at radius 1 is 1.05 bits per heavy atom. The van der Waals surface area contributed by atoms with Crippen molar-refractivity contribution in [3.63, 3.8) is 0 Å². The highest BCUT2D eigenvalue weighted by Crippen LogP contribution is 2.32. The number of methoxy groups -OCH3 is 1. The van der Waals surface area contributed by atoms with Crippen molar-refractivity contribution in [2.45, 2.75) is 20.0 Å². The average Bonchev–Trinajstić information content (AvgIpc) is 2.51. The molecule has 0 saturated carbocycles. The van der Waals surface area contributed by atoms with E-state index in [2.05, 4.69) is 17.4 Å². The Morgan fingerprint density at radius 2 is 1.77 bits per heavy atom. The molecule has 5 heteroatoms. The summed E-state index contributed by atoms with van der Waals surface area (Å²) in [7, 11) is 1.67. The van der Waals surface area contributed by atoms with Gasteiger partial charge in [0.15, 0.2) is 0 Å². The molecule has 0 aliphatic rings. The monoisotopic (exact) mass is 340 g/mol. The third-order valence-electron chi connectivity index (χ3n) is 3.28. The molecule has 2 aromatic carbocycles. The molecule has 2 rings (SSSR count). The Bertz CT molecular complexity index is 615. The summed E-state index contributed by atoms with van der Waals surface area (Å²) in [5, 5.41) is 3.37. The summed E-state index contributed by atoms with van der Waals surface area (Å²) >= 11 is 12.3. The molecule has 0 aromatic heterocycles. The first-order chi connectivity index (χ1) is 10.6. The van der Waals surface area contributed by atoms with E-state index in [-0.39, 0.29) is 0 Å². The maximum atomic E-state index is 6.21. The predicted octanol–water partition coefficient (Wildman–Crippen LogP) is 3.66. The van der Waals surface area contributed by atoms with Gasteiger partial charge in [0.1, 0.15) is 24.6 Å². The van der Waals surface area contributed by atoms with Crippen LogP contribution in [0.25, 0.3) is 0 Å². The standard InChI is InChI=1S/C17H19Cl2NO2/c1-3-22-17-13(8-14(18)9-16(17)19)11-20-10-12-4-6-15(21-2)7-5-12/h4-9,20H,3,10-11H2,1-2H3/p+1. The second-order valence-electron chi connectivity index (χ2n) is 4.85. The lowest BCUT2D eigenvalue weighted by molar-refractivity contribution is -0.686. The fourth-order valence-corrected chi connectivity index (χ4v) is 2.82.